The number of hydrogen-bond acceptors (Lipinski definition) is 12. The lowest BCUT2D eigenvalue weighted by Crippen LogP contribution is -2.46. The van der Waals surface area contributed by atoms with Crippen molar-refractivity contribution in [1.82, 2.24) is 20.6 Å². The van der Waals surface area contributed by atoms with Crippen LogP contribution in [0.15, 0.2) is 155 Å². The van der Waals surface area contributed by atoms with Crippen LogP contribution < -0.4 is 41.7 Å². The predicted octanol–water partition coefficient (Wildman–Crippen LogP) is 12.9. The second kappa shape index (κ2) is 29.4. The van der Waals surface area contributed by atoms with Crippen molar-refractivity contribution < 1.29 is 19.1 Å². The number of nitrogens with zero attached hydrogens (tertiary/aromatic N) is 6. The van der Waals surface area contributed by atoms with Crippen LogP contribution >= 0.6 is 31.9 Å². The lowest BCUT2D eigenvalue weighted by Gasteiger charge is -2.37. The number of ether oxygens (including phenoxy) is 2. The number of halogens is 2. The summed E-state index contributed by atoms with van der Waals surface area (Å²) < 4.78 is 12.6. The van der Waals surface area contributed by atoms with Crippen molar-refractivity contribution in [2.45, 2.75) is 105 Å². The summed E-state index contributed by atoms with van der Waals surface area (Å²) in [5.41, 5.74) is 17.6. The Labute approximate surface area is 469 Å². The molecule has 4 heterocycles. The summed E-state index contributed by atoms with van der Waals surface area (Å²) in [6.45, 7) is 26.8. The third-order valence-corrected chi connectivity index (χ3v) is 13.2. The van der Waals surface area contributed by atoms with Crippen LogP contribution in [0, 0.1) is 0 Å². The minimum absolute atomic E-state index is 0.0812. The van der Waals surface area contributed by atoms with Gasteiger partial charge < -0.3 is 51.2 Å². The molecule has 16 heteroatoms. The van der Waals surface area contributed by atoms with Crippen molar-refractivity contribution in [2.75, 3.05) is 72.0 Å². The highest BCUT2D eigenvalue weighted by Crippen LogP contribution is 2.26. The lowest BCUT2D eigenvalue weighted by atomic mass is 10.1. The fraction of sp³-hybridized carbons (Fsp3) is 0.400. The molecule has 4 atom stereocenters. The smallest absolute Gasteiger partial charge is 0.408 e. The first-order valence-electron chi connectivity index (χ1n) is 26.1. The van der Waals surface area contributed by atoms with E-state index in [4.69, 9.17) is 20.9 Å². The topological polar surface area (TPSA) is 167 Å². The minimum atomic E-state index is -0.501. The van der Waals surface area contributed by atoms with Crippen LogP contribution in [0.4, 0.5) is 32.6 Å². The highest BCUT2D eigenvalue weighted by molar-refractivity contribution is 9.10. The molecule has 0 bridgehead atoms. The Morgan fingerprint density at radius 2 is 0.803 bits per heavy atom. The van der Waals surface area contributed by atoms with Crippen LogP contribution in [0.2, 0.25) is 0 Å². The Morgan fingerprint density at radius 1 is 0.474 bits per heavy atom. The first kappa shape index (κ1) is 60.7. The molecule has 2 aliphatic heterocycles. The van der Waals surface area contributed by atoms with Crippen LogP contribution in [0.5, 0.6) is 0 Å². The van der Waals surface area contributed by atoms with E-state index < -0.39 is 23.4 Å². The zero-order valence-corrected chi connectivity index (χ0v) is 49.2. The number of amides is 2. The summed E-state index contributed by atoms with van der Waals surface area (Å²) >= 11 is 6.78. The number of carbonyl (C=O) groups excluding carboxylic acids is 2. The number of anilines is 4. The molecule has 4 aromatic carbocycles. The number of nitrogens with one attached hydrogen (secondary N) is 2. The number of benzene rings is 4. The van der Waals surface area contributed by atoms with E-state index in [1.165, 1.54) is 16.9 Å². The van der Waals surface area contributed by atoms with Gasteiger partial charge in [-0.25, -0.2) is 19.6 Å². The molecule has 2 aliphatic rings. The predicted molar refractivity (Wildman–Crippen MR) is 319 cm³/mol. The van der Waals surface area contributed by atoms with Crippen molar-refractivity contribution in [3.8, 4) is 0 Å². The summed E-state index contributed by atoms with van der Waals surface area (Å²) in [5, 5.41) is 5.71. The molecular formula is C60H80Br2N10O4. The Balaban J connectivity index is 0.000000198. The number of hydrogen-bond donors (Lipinski definition) is 4. The lowest BCUT2D eigenvalue weighted by molar-refractivity contribution is 0.0496. The second-order valence-corrected chi connectivity index (χ2v) is 22.8. The molecule has 0 unspecified atom stereocenters. The largest absolute Gasteiger partial charge is 0.444 e. The number of pyridine rings is 2. The SMILES string of the molecule is C[C@H](N)c1cccc(Br)c1.C[C@H](N)c1cccc(N2CCN(c3ccccn3)CC2)c1.C[C@H](NC(=O)OC(C)(C)C)c1cccc(Br)c1.C[C@H](NC(=O)OC(C)(C)C)c1cccc(N2CCN(c3ccccn3)CC2)c1. The Morgan fingerprint density at radius 3 is 1.14 bits per heavy atom. The molecule has 0 spiro atoms. The Bertz CT molecular complexity index is 2690. The van der Waals surface area contributed by atoms with E-state index in [0.29, 0.717) is 0 Å². The number of carbonyl (C=O) groups is 2. The van der Waals surface area contributed by atoms with Crippen molar-refractivity contribution in [3.63, 3.8) is 0 Å². The van der Waals surface area contributed by atoms with Gasteiger partial charge in [-0.1, -0.05) is 92.5 Å². The zero-order chi connectivity index (χ0) is 55.4. The molecule has 2 amide bonds. The maximum absolute atomic E-state index is 12.0. The van der Waals surface area contributed by atoms with Gasteiger partial charge in [-0.2, -0.15) is 0 Å². The Kier molecular flexibility index (Phi) is 23.4. The van der Waals surface area contributed by atoms with Gasteiger partial charge in [0.2, 0.25) is 0 Å². The summed E-state index contributed by atoms with van der Waals surface area (Å²) in [6, 6.07) is 44.9. The van der Waals surface area contributed by atoms with E-state index in [9.17, 15) is 9.59 Å². The first-order chi connectivity index (χ1) is 36.0. The normalized spacial score (nSPS) is 15.1. The highest BCUT2D eigenvalue weighted by Gasteiger charge is 2.23. The van der Waals surface area contributed by atoms with Crippen molar-refractivity contribution in [3.05, 3.63) is 177 Å². The standard InChI is InChI=1S/C22H30N4O2.C17H22N4.C13H18BrNO2.C8H10BrN/c1-17(24-21(27)28-22(2,3)4)18-8-7-9-19(16-18)25-12-14-26(15-13-25)20-10-5-6-11-23-20;1-14(18)15-5-4-6-16(13-15)20-9-11-21(12-10-20)17-7-2-3-8-19-17;1-9(10-6-5-7-11(14)8-10)15-12(16)17-13(2,3)4;1-6(10)7-3-2-4-8(9)5-7/h5-11,16-17H,12-15H2,1-4H3,(H,24,27);2-8,13-14H,9-12,18H2,1H3;5-9H,1-4H3,(H,15,16);2-6H,10H2,1H3/t17-;14-;9-;6-/m0000/s1. The minimum Gasteiger partial charge on any atom is -0.444 e. The van der Waals surface area contributed by atoms with Crippen LogP contribution in [0.25, 0.3) is 0 Å². The fourth-order valence-electron chi connectivity index (χ4n) is 8.17. The molecule has 2 fully saturated rings. The summed E-state index contributed by atoms with van der Waals surface area (Å²) in [5.74, 6) is 2.10. The van der Waals surface area contributed by atoms with Gasteiger partial charge in [-0.15, -0.1) is 0 Å². The van der Waals surface area contributed by atoms with Gasteiger partial charge in [-0.05, 0) is 164 Å². The van der Waals surface area contributed by atoms with Crippen molar-refractivity contribution in [1.29, 1.82) is 0 Å². The van der Waals surface area contributed by atoms with Crippen LogP contribution in [-0.2, 0) is 9.47 Å². The molecule has 6 aromatic rings. The maximum Gasteiger partial charge on any atom is 0.408 e. The first-order valence-corrected chi connectivity index (χ1v) is 27.6. The van der Waals surface area contributed by atoms with Gasteiger partial charge in [0, 0.05) is 97.2 Å². The monoisotopic (exact) mass is 1160 g/mol. The summed E-state index contributed by atoms with van der Waals surface area (Å²) in [4.78, 5) is 42.0. The van der Waals surface area contributed by atoms with Crippen LogP contribution in [-0.4, -0.2) is 85.7 Å². The molecule has 76 heavy (non-hydrogen) atoms. The van der Waals surface area contributed by atoms with Crippen molar-refractivity contribution in [2.24, 2.45) is 11.5 Å². The highest BCUT2D eigenvalue weighted by atomic mass is 79.9. The van der Waals surface area contributed by atoms with Gasteiger partial charge in [-0.3, -0.25) is 0 Å². The van der Waals surface area contributed by atoms with E-state index in [-0.39, 0.29) is 24.2 Å². The number of alkyl carbamates (subject to hydrolysis) is 2. The number of rotatable bonds is 10. The maximum atomic E-state index is 12.0. The van der Waals surface area contributed by atoms with E-state index in [2.05, 4.69) is 121 Å². The van der Waals surface area contributed by atoms with Crippen molar-refractivity contribution >= 4 is 67.1 Å². The Hall–Kier alpha value is -6.20. The van der Waals surface area contributed by atoms with E-state index >= 15 is 0 Å². The van der Waals surface area contributed by atoms with E-state index in [0.717, 1.165) is 89.6 Å². The average Bonchev–Trinajstić information content (AvgIpc) is 3.39. The van der Waals surface area contributed by atoms with Gasteiger partial charge >= 0.3 is 12.2 Å². The molecule has 8 rings (SSSR count). The molecule has 6 N–H and O–H groups in total. The second-order valence-electron chi connectivity index (χ2n) is 20.9. The van der Waals surface area contributed by atoms with Gasteiger partial charge in [0.05, 0.1) is 12.1 Å². The zero-order valence-electron chi connectivity index (χ0n) is 46.0. The molecule has 2 aromatic heterocycles. The number of aromatic nitrogens is 2. The molecule has 0 radical (unpaired) electrons. The van der Waals surface area contributed by atoms with Gasteiger partial charge in [0.25, 0.3) is 0 Å². The van der Waals surface area contributed by atoms with E-state index in [1.54, 1.807) is 0 Å². The molecule has 0 aliphatic carbocycles. The number of piperazine rings is 2. The summed E-state index contributed by atoms with van der Waals surface area (Å²) in [6.07, 6.45) is 2.90. The van der Waals surface area contributed by atoms with Crippen LogP contribution in [0.3, 0.4) is 0 Å². The number of nitrogens with two attached hydrogens (primary N) is 2. The summed E-state index contributed by atoms with van der Waals surface area (Å²) in [7, 11) is 0. The average molecular weight is 1170 g/mol. The third kappa shape index (κ3) is 21.1. The molecule has 14 nitrogen and oxygen atoms in total. The molecular weight excluding hydrogens is 1080 g/mol. The van der Waals surface area contributed by atoms with Crippen LogP contribution in [0.1, 0.15) is 116 Å². The van der Waals surface area contributed by atoms with Gasteiger partial charge in [0.1, 0.15) is 22.8 Å². The van der Waals surface area contributed by atoms with E-state index in [1.807, 2.05) is 167 Å². The molecule has 0 saturated carbocycles. The molecule has 2 saturated heterocycles. The van der Waals surface area contributed by atoms with Gasteiger partial charge in [0.15, 0.2) is 0 Å². The molecule has 408 valence electrons. The quantitative estimate of drug-likeness (QED) is 0.103. The fourth-order valence-corrected chi connectivity index (χ4v) is 9.00. The third-order valence-electron chi connectivity index (χ3n) is 12.2.